The summed E-state index contributed by atoms with van der Waals surface area (Å²) in [5, 5.41) is 0. The van der Waals surface area contributed by atoms with E-state index in [1.54, 1.807) is 48.5 Å². The van der Waals surface area contributed by atoms with Gasteiger partial charge in [-0.25, -0.2) is 4.79 Å². The van der Waals surface area contributed by atoms with Crippen molar-refractivity contribution >= 4 is 17.8 Å². The van der Waals surface area contributed by atoms with Gasteiger partial charge in [0.25, 0.3) is 0 Å². The molecule has 0 N–H and O–H groups in total. The van der Waals surface area contributed by atoms with Crippen LogP contribution in [0.2, 0.25) is 0 Å². The highest BCUT2D eigenvalue weighted by Gasteiger charge is 2.12. The molecule has 0 saturated carbocycles. The van der Waals surface area contributed by atoms with Gasteiger partial charge in [-0.1, -0.05) is 36.4 Å². The summed E-state index contributed by atoms with van der Waals surface area (Å²) in [7, 11) is 0. The molecule has 2 aromatic rings. The van der Waals surface area contributed by atoms with E-state index in [1.165, 1.54) is 6.08 Å². The van der Waals surface area contributed by atoms with Crippen LogP contribution < -0.4 is 9.47 Å². The molecule has 3 rings (SSSR count). The maximum atomic E-state index is 11.8. The minimum Gasteiger partial charge on any atom is -0.454 e. The zero-order chi connectivity index (χ0) is 16.1. The largest absolute Gasteiger partial charge is 0.454 e. The van der Waals surface area contributed by atoms with Crippen LogP contribution in [0.3, 0.4) is 0 Å². The lowest BCUT2D eigenvalue weighted by molar-refractivity contribution is -0.136. The summed E-state index contributed by atoms with van der Waals surface area (Å²) in [5.74, 6) is 0.500. The third-order valence-corrected chi connectivity index (χ3v) is 3.25. The second-order valence-electron chi connectivity index (χ2n) is 4.84. The standard InChI is InChI=1S/C18H14O5/c19-15(14-4-2-1-3-5-14)11-21-18(20)9-7-13-6-8-16-17(10-13)23-12-22-16/h1-10H,11-12H2. The van der Waals surface area contributed by atoms with Gasteiger partial charge in [-0.15, -0.1) is 0 Å². The van der Waals surface area contributed by atoms with Crippen molar-refractivity contribution in [1.29, 1.82) is 0 Å². The molecule has 0 amide bonds. The van der Waals surface area contributed by atoms with Gasteiger partial charge in [0.05, 0.1) is 0 Å². The van der Waals surface area contributed by atoms with E-state index < -0.39 is 5.97 Å². The van der Waals surface area contributed by atoms with Crippen molar-refractivity contribution in [3.63, 3.8) is 0 Å². The molecule has 23 heavy (non-hydrogen) atoms. The molecule has 0 spiro atoms. The number of fused-ring (bicyclic) bond motifs is 1. The van der Waals surface area contributed by atoms with E-state index in [4.69, 9.17) is 14.2 Å². The molecule has 0 bridgehead atoms. The first-order valence-corrected chi connectivity index (χ1v) is 7.05. The van der Waals surface area contributed by atoms with E-state index in [0.29, 0.717) is 17.1 Å². The lowest BCUT2D eigenvalue weighted by atomic mass is 10.1. The van der Waals surface area contributed by atoms with Crippen LogP contribution in [-0.4, -0.2) is 25.2 Å². The van der Waals surface area contributed by atoms with Crippen LogP contribution in [0.1, 0.15) is 15.9 Å². The Bertz CT molecular complexity index is 749. The average Bonchev–Trinajstić information content (AvgIpc) is 3.06. The summed E-state index contributed by atoms with van der Waals surface area (Å²) in [5.41, 5.74) is 1.29. The van der Waals surface area contributed by atoms with Crippen molar-refractivity contribution in [1.82, 2.24) is 0 Å². The maximum Gasteiger partial charge on any atom is 0.331 e. The van der Waals surface area contributed by atoms with Crippen LogP contribution in [0.25, 0.3) is 6.08 Å². The van der Waals surface area contributed by atoms with Crippen molar-refractivity contribution in [2.45, 2.75) is 0 Å². The van der Waals surface area contributed by atoms with Crippen LogP contribution >= 0.6 is 0 Å². The zero-order valence-electron chi connectivity index (χ0n) is 12.2. The van der Waals surface area contributed by atoms with Gasteiger partial charge < -0.3 is 14.2 Å². The molecule has 0 fully saturated rings. The lowest BCUT2D eigenvalue weighted by Crippen LogP contribution is -2.12. The SMILES string of the molecule is O=C(C=Cc1ccc2c(c1)OCO2)OCC(=O)c1ccccc1. The molecule has 0 aromatic heterocycles. The van der Waals surface area contributed by atoms with Crippen molar-refractivity contribution in [2.75, 3.05) is 13.4 Å². The van der Waals surface area contributed by atoms with Gasteiger partial charge in [0.1, 0.15) is 0 Å². The van der Waals surface area contributed by atoms with Gasteiger partial charge in [-0.3, -0.25) is 4.79 Å². The Morgan fingerprint density at radius 1 is 1.04 bits per heavy atom. The summed E-state index contributed by atoms with van der Waals surface area (Å²) < 4.78 is 15.4. The smallest absolute Gasteiger partial charge is 0.331 e. The third-order valence-electron chi connectivity index (χ3n) is 3.25. The Kier molecular flexibility index (Phi) is 4.38. The van der Waals surface area contributed by atoms with Crippen molar-refractivity contribution in [3.8, 4) is 11.5 Å². The Labute approximate surface area is 133 Å². The molecule has 116 valence electrons. The number of ether oxygens (including phenoxy) is 3. The quantitative estimate of drug-likeness (QED) is 0.483. The first-order chi connectivity index (χ1) is 11.2. The summed E-state index contributed by atoms with van der Waals surface area (Å²) >= 11 is 0. The fourth-order valence-electron chi connectivity index (χ4n) is 2.07. The zero-order valence-corrected chi connectivity index (χ0v) is 12.2. The predicted molar refractivity (Wildman–Crippen MR) is 83.3 cm³/mol. The van der Waals surface area contributed by atoms with Crippen LogP contribution in [0, 0.1) is 0 Å². The highest BCUT2D eigenvalue weighted by Crippen LogP contribution is 2.32. The van der Waals surface area contributed by atoms with E-state index in [-0.39, 0.29) is 19.2 Å². The van der Waals surface area contributed by atoms with Crippen molar-refractivity contribution < 1.29 is 23.8 Å². The van der Waals surface area contributed by atoms with Gasteiger partial charge in [-0.2, -0.15) is 0 Å². The number of benzene rings is 2. The Balaban J connectivity index is 1.54. The number of carbonyl (C=O) groups excluding carboxylic acids is 2. The molecule has 0 aliphatic carbocycles. The van der Waals surface area contributed by atoms with E-state index in [1.807, 2.05) is 6.07 Å². The summed E-state index contributed by atoms with van der Waals surface area (Å²) in [6.45, 7) is -0.0829. The van der Waals surface area contributed by atoms with Gasteiger partial charge in [0.2, 0.25) is 6.79 Å². The molecule has 0 atom stereocenters. The van der Waals surface area contributed by atoms with Crippen molar-refractivity contribution in [2.24, 2.45) is 0 Å². The average molecular weight is 310 g/mol. The van der Waals surface area contributed by atoms with E-state index in [0.717, 1.165) is 5.56 Å². The van der Waals surface area contributed by atoms with Gasteiger partial charge in [0.15, 0.2) is 23.9 Å². The molecule has 1 aliphatic rings. The normalized spacial score (nSPS) is 12.3. The number of hydrogen-bond acceptors (Lipinski definition) is 5. The lowest BCUT2D eigenvalue weighted by Gasteiger charge is -2.01. The second-order valence-corrected chi connectivity index (χ2v) is 4.84. The van der Waals surface area contributed by atoms with Crippen LogP contribution in [0.5, 0.6) is 11.5 Å². The second kappa shape index (κ2) is 6.79. The fourth-order valence-corrected chi connectivity index (χ4v) is 2.07. The monoisotopic (exact) mass is 310 g/mol. The Hall–Kier alpha value is -3.08. The molecule has 0 unspecified atom stereocenters. The number of esters is 1. The number of rotatable bonds is 5. The molecule has 0 saturated heterocycles. The molecular weight excluding hydrogens is 296 g/mol. The predicted octanol–water partition coefficient (Wildman–Crippen LogP) is 2.85. The minimum absolute atomic E-state index is 0.201. The van der Waals surface area contributed by atoms with E-state index in [9.17, 15) is 9.59 Å². The number of ketones is 1. The van der Waals surface area contributed by atoms with Crippen LogP contribution in [-0.2, 0) is 9.53 Å². The molecule has 2 aromatic carbocycles. The first-order valence-electron chi connectivity index (χ1n) is 7.05. The van der Waals surface area contributed by atoms with Crippen molar-refractivity contribution in [3.05, 3.63) is 65.7 Å². The molecule has 0 radical (unpaired) electrons. The molecule has 1 heterocycles. The minimum atomic E-state index is -0.577. The topological polar surface area (TPSA) is 61.8 Å². The van der Waals surface area contributed by atoms with Gasteiger partial charge in [-0.05, 0) is 23.8 Å². The van der Waals surface area contributed by atoms with E-state index in [2.05, 4.69) is 0 Å². The van der Waals surface area contributed by atoms with Crippen LogP contribution in [0.4, 0.5) is 0 Å². The van der Waals surface area contributed by atoms with Crippen LogP contribution in [0.15, 0.2) is 54.6 Å². The molecule has 1 aliphatic heterocycles. The molecule has 5 heteroatoms. The highest BCUT2D eigenvalue weighted by molar-refractivity contribution is 5.98. The Morgan fingerprint density at radius 3 is 2.65 bits per heavy atom. The number of Topliss-reactive ketones (excluding diaryl/α,β-unsaturated/α-hetero) is 1. The number of hydrogen-bond donors (Lipinski definition) is 0. The van der Waals surface area contributed by atoms with Gasteiger partial charge >= 0.3 is 5.97 Å². The first kappa shape index (κ1) is 14.8. The summed E-state index contributed by atoms with van der Waals surface area (Å²) in [6.07, 6.45) is 2.87. The summed E-state index contributed by atoms with van der Waals surface area (Å²) in [4.78, 5) is 23.5. The van der Waals surface area contributed by atoms with Gasteiger partial charge in [0, 0.05) is 11.6 Å². The summed E-state index contributed by atoms with van der Waals surface area (Å²) in [6, 6.07) is 14.0. The molecular formula is C18H14O5. The van der Waals surface area contributed by atoms with E-state index >= 15 is 0 Å². The number of carbonyl (C=O) groups is 2. The highest BCUT2D eigenvalue weighted by atomic mass is 16.7. The molecule has 5 nitrogen and oxygen atoms in total. The Morgan fingerprint density at radius 2 is 1.83 bits per heavy atom. The fraction of sp³-hybridized carbons (Fsp3) is 0.111. The third kappa shape index (κ3) is 3.77. The maximum absolute atomic E-state index is 11.8.